The van der Waals surface area contributed by atoms with Gasteiger partial charge in [-0.25, -0.2) is 4.79 Å². The molecule has 0 saturated heterocycles. The van der Waals surface area contributed by atoms with Crippen LogP contribution < -0.4 is 0 Å². The molecular formula is C19H22O4. The van der Waals surface area contributed by atoms with E-state index >= 15 is 0 Å². The zero-order valence-corrected chi connectivity index (χ0v) is 13.1. The van der Waals surface area contributed by atoms with Crippen molar-refractivity contribution in [1.29, 1.82) is 0 Å². The van der Waals surface area contributed by atoms with Crippen molar-refractivity contribution in [3.63, 3.8) is 0 Å². The minimum Gasteiger partial charge on any atom is -0.475 e. The molecule has 1 N–H and O–H groups in total. The van der Waals surface area contributed by atoms with Crippen molar-refractivity contribution in [3.05, 3.63) is 47.7 Å². The highest BCUT2D eigenvalue weighted by molar-refractivity contribution is 5.90. The summed E-state index contributed by atoms with van der Waals surface area (Å²) in [5.41, 5.74) is 1.09. The van der Waals surface area contributed by atoms with Gasteiger partial charge in [-0.15, -0.1) is 0 Å². The van der Waals surface area contributed by atoms with Crippen molar-refractivity contribution in [2.75, 3.05) is 0 Å². The molecular weight excluding hydrogens is 292 g/mol. The van der Waals surface area contributed by atoms with Gasteiger partial charge in [-0.1, -0.05) is 49.6 Å². The van der Waals surface area contributed by atoms with Crippen molar-refractivity contribution >= 4 is 11.9 Å². The number of cyclic esters (lactones) is 1. The summed E-state index contributed by atoms with van der Waals surface area (Å²) in [6, 6.07) is 9.86. The van der Waals surface area contributed by atoms with Gasteiger partial charge in [-0.3, -0.25) is 4.79 Å². The summed E-state index contributed by atoms with van der Waals surface area (Å²) < 4.78 is 5.08. The Kier molecular flexibility index (Phi) is 4.79. The molecule has 0 spiro atoms. The number of hydrogen-bond donors (Lipinski definition) is 1. The lowest BCUT2D eigenvalue weighted by atomic mass is 9.71. The van der Waals surface area contributed by atoms with Gasteiger partial charge in [-0.05, 0) is 42.7 Å². The minimum absolute atomic E-state index is 0.0390. The molecule has 23 heavy (non-hydrogen) atoms. The molecule has 4 heteroatoms. The van der Waals surface area contributed by atoms with E-state index in [2.05, 4.69) is 0 Å². The van der Waals surface area contributed by atoms with Gasteiger partial charge in [0.15, 0.2) is 0 Å². The summed E-state index contributed by atoms with van der Waals surface area (Å²) in [7, 11) is 0. The number of allylic oxidation sites excluding steroid dienone is 1. The number of benzene rings is 1. The average Bonchev–Trinajstić information content (AvgIpc) is 2.58. The molecule has 122 valence electrons. The van der Waals surface area contributed by atoms with E-state index in [9.17, 15) is 14.7 Å². The van der Waals surface area contributed by atoms with Crippen LogP contribution in [0.5, 0.6) is 0 Å². The molecule has 3 rings (SSSR count). The maximum atomic E-state index is 12.4. The van der Waals surface area contributed by atoms with Gasteiger partial charge in [0.25, 0.3) is 0 Å². The molecule has 2 unspecified atom stereocenters. The van der Waals surface area contributed by atoms with Crippen molar-refractivity contribution in [1.82, 2.24) is 0 Å². The standard InChI is InChI=1S/C19H22O4/c20-18(21)17-12-15(14-9-5-2-6-10-14)16(19(22)23-17)11-13-7-3-1-4-8-13/h1,3-4,7-8,12,14-16H,2,5-6,9-11H2,(H,20,21). The van der Waals surface area contributed by atoms with E-state index in [1.54, 1.807) is 6.08 Å². The summed E-state index contributed by atoms with van der Waals surface area (Å²) in [6.45, 7) is 0. The van der Waals surface area contributed by atoms with Gasteiger partial charge in [0, 0.05) is 0 Å². The molecule has 1 heterocycles. The fourth-order valence-corrected chi connectivity index (χ4v) is 3.85. The summed E-state index contributed by atoms with van der Waals surface area (Å²) in [4.78, 5) is 23.7. The van der Waals surface area contributed by atoms with Crippen molar-refractivity contribution in [2.24, 2.45) is 17.8 Å². The van der Waals surface area contributed by atoms with Crippen molar-refractivity contribution in [2.45, 2.75) is 38.5 Å². The Bertz CT molecular complexity index is 599. The zero-order chi connectivity index (χ0) is 16.2. The van der Waals surface area contributed by atoms with E-state index in [0.29, 0.717) is 12.3 Å². The fourth-order valence-electron chi connectivity index (χ4n) is 3.85. The molecule has 4 nitrogen and oxygen atoms in total. The number of carboxylic acid groups (broad SMARTS) is 1. The van der Waals surface area contributed by atoms with Crippen LogP contribution in [0, 0.1) is 17.8 Å². The number of carboxylic acids is 1. The maximum absolute atomic E-state index is 12.4. The molecule has 1 aromatic rings. The van der Waals surface area contributed by atoms with E-state index in [-0.39, 0.29) is 17.6 Å². The highest BCUT2D eigenvalue weighted by Gasteiger charge is 2.40. The quantitative estimate of drug-likeness (QED) is 0.863. The second kappa shape index (κ2) is 6.99. The number of aliphatic carboxylic acids is 1. The second-order valence-electron chi connectivity index (χ2n) is 6.53. The van der Waals surface area contributed by atoms with Crippen LogP contribution in [0.2, 0.25) is 0 Å². The number of carbonyl (C=O) groups excluding carboxylic acids is 1. The Hall–Kier alpha value is -2.10. The van der Waals surface area contributed by atoms with Gasteiger partial charge in [0.2, 0.25) is 5.76 Å². The van der Waals surface area contributed by atoms with E-state index in [4.69, 9.17) is 4.74 Å². The van der Waals surface area contributed by atoms with Crippen LogP contribution in [-0.4, -0.2) is 17.0 Å². The first-order valence-corrected chi connectivity index (χ1v) is 8.36. The molecule has 0 amide bonds. The molecule has 1 aliphatic carbocycles. The Balaban J connectivity index is 1.87. The molecule has 0 radical (unpaired) electrons. The van der Waals surface area contributed by atoms with Gasteiger partial charge in [-0.2, -0.15) is 0 Å². The van der Waals surface area contributed by atoms with Crippen LogP contribution in [0.1, 0.15) is 37.7 Å². The van der Waals surface area contributed by atoms with E-state index in [0.717, 1.165) is 31.2 Å². The third kappa shape index (κ3) is 3.63. The predicted molar refractivity (Wildman–Crippen MR) is 85.5 cm³/mol. The summed E-state index contributed by atoms with van der Waals surface area (Å²) in [6.07, 6.45) is 7.96. The maximum Gasteiger partial charge on any atom is 0.371 e. The van der Waals surface area contributed by atoms with Crippen molar-refractivity contribution < 1.29 is 19.4 Å². The highest BCUT2D eigenvalue weighted by Crippen LogP contribution is 2.39. The van der Waals surface area contributed by atoms with Gasteiger partial charge >= 0.3 is 11.9 Å². The molecule has 1 aliphatic heterocycles. The Morgan fingerprint density at radius 3 is 2.48 bits per heavy atom. The van der Waals surface area contributed by atoms with Crippen molar-refractivity contribution in [3.8, 4) is 0 Å². The molecule has 1 saturated carbocycles. The summed E-state index contributed by atoms with van der Waals surface area (Å²) in [5, 5.41) is 9.20. The Morgan fingerprint density at radius 2 is 1.83 bits per heavy atom. The molecule has 0 aromatic heterocycles. The molecule has 1 fully saturated rings. The number of esters is 1. The van der Waals surface area contributed by atoms with Gasteiger partial charge in [0.1, 0.15) is 0 Å². The third-order valence-corrected chi connectivity index (χ3v) is 5.03. The van der Waals surface area contributed by atoms with Gasteiger partial charge in [0.05, 0.1) is 5.92 Å². The zero-order valence-electron chi connectivity index (χ0n) is 13.1. The molecule has 2 aliphatic rings. The van der Waals surface area contributed by atoms with Crippen LogP contribution in [-0.2, 0) is 20.7 Å². The Morgan fingerprint density at radius 1 is 1.13 bits per heavy atom. The summed E-state index contributed by atoms with van der Waals surface area (Å²) >= 11 is 0. The van der Waals surface area contributed by atoms with Crippen LogP contribution in [0.15, 0.2) is 42.2 Å². The normalized spacial score (nSPS) is 25.6. The van der Waals surface area contributed by atoms with E-state index in [1.165, 1.54) is 6.42 Å². The number of ether oxygens (including phenoxy) is 1. The third-order valence-electron chi connectivity index (χ3n) is 5.03. The SMILES string of the molecule is O=C(O)C1=CC(C2CCCCC2)C(Cc2ccccc2)C(=O)O1. The van der Waals surface area contributed by atoms with E-state index in [1.807, 2.05) is 30.3 Å². The number of hydrogen-bond acceptors (Lipinski definition) is 3. The highest BCUT2D eigenvalue weighted by atomic mass is 16.6. The van der Waals surface area contributed by atoms with Crippen LogP contribution in [0.4, 0.5) is 0 Å². The lowest BCUT2D eigenvalue weighted by Gasteiger charge is -2.35. The molecule has 1 aromatic carbocycles. The lowest BCUT2D eigenvalue weighted by molar-refractivity contribution is -0.155. The average molecular weight is 314 g/mol. The largest absolute Gasteiger partial charge is 0.475 e. The first-order valence-electron chi connectivity index (χ1n) is 8.36. The first-order chi connectivity index (χ1) is 11.1. The summed E-state index contributed by atoms with van der Waals surface area (Å²) in [5.74, 6) is -1.71. The first kappa shape index (κ1) is 15.8. The topological polar surface area (TPSA) is 63.6 Å². The predicted octanol–water partition coefficient (Wildman–Crippen LogP) is 3.57. The Labute approximate surface area is 136 Å². The van der Waals surface area contributed by atoms with Crippen LogP contribution in [0.3, 0.4) is 0 Å². The molecule has 0 bridgehead atoms. The second-order valence-corrected chi connectivity index (χ2v) is 6.53. The van der Waals surface area contributed by atoms with E-state index < -0.39 is 11.9 Å². The molecule has 2 atom stereocenters. The number of carbonyl (C=O) groups is 2. The lowest BCUT2D eigenvalue weighted by Crippen LogP contribution is -2.37. The van der Waals surface area contributed by atoms with Crippen LogP contribution >= 0.6 is 0 Å². The van der Waals surface area contributed by atoms with Gasteiger partial charge < -0.3 is 9.84 Å². The fraction of sp³-hybridized carbons (Fsp3) is 0.474. The number of rotatable bonds is 4. The minimum atomic E-state index is -1.16. The van der Waals surface area contributed by atoms with Crippen LogP contribution in [0.25, 0.3) is 0 Å². The smallest absolute Gasteiger partial charge is 0.371 e. The monoisotopic (exact) mass is 314 g/mol.